The van der Waals surface area contributed by atoms with Gasteiger partial charge in [-0.15, -0.1) is 0 Å². The normalized spacial score (nSPS) is 25.5. The first-order valence-electron chi connectivity index (χ1n) is 14.1. The van der Waals surface area contributed by atoms with Crippen molar-refractivity contribution in [1.29, 1.82) is 0 Å². The summed E-state index contributed by atoms with van der Waals surface area (Å²) in [7, 11) is 0. The minimum absolute atomic E-state index is 0.0969. The van der Waals surface area contributed by atoms with Crippen molar-refractivity contribution in [3.05, 3.63) is 42.0 Å². The number of unbranched alkanes of at least 4 members (excludes halogenated alkanes) is 6. The first-order valence-corrected chi connectivity index (χ1v) is 14.1. The van der Waals surface area contributed by atoms with Gasteiger partial charge in [-0.25, -0.2) is 0 Å². The van der Waals surface area contributed by atoms with Crippen LogP contribution in [0.5, 0.6) is 0 Å². The Morgan fingerprint density at radius 1 is 0.818 bits per heavy atom. The van der Waals surface area contributed by atoms with E-state index >= 15 is 0 Å². The van der Waals surface area contributed by atoms with Gasteiger partial charge in [0, 0.05) is 11.3 Å². The molecular formula is C31H49NO. The van der Waals surface area contributed by atoms with Crippen LogP contribution in [0.2, 0.25) is 0 Å². The molecule has 1 amide bonds. The van der Waals surface area contributed by atoms with Crippen LogP contribution in [0.4, 0.5) is 5.69 Å². The van der Waals surface area contributed by atoms with Gasteiger partial charge in [-0.1, -0.05) is 89.8 Å². The molecule has 2 aliphatic carbocycles. The third-order valence-corrected chi connectivity index (χ3v) is 8.57. The van der Waals surface area contributed by atoms with Crippen molar-refractivity contribution in [1.82, 2.24) is 0 Å². The Bertz CT molecular complexity index is 705. The quantitative estimate of drug-likeness (QED) is 0.249. The summed E-state index contributed by atoms with van der Waals surface area (Å²) in [5, 5.41) is 2.91. The molecule has 0 saturated heterocycles. The summed E-state index contributed by atoms with van der Waals surface area (Å²) in [6.45, 7) is 7.75. The highest BCUT2D eigenvalue weighted by atomic mass is 16.1. The predicted octanol–water partition coefficient (Wildman–Crippen LogP) is 9.42. The molecule has 2 nitrogen and oxygen atoms in total. The Kier molecular flexibility index (Phi) is 11.0. The van der Waals surface area contributed by atoms with Crippen LogP contribution in [0.25, 0.3) is 0 Å². The molecule has 0 spiro atoms. The molecule has 0 aromatic heterocycles. The average molecular weight is 452 g/mol. The lowest BCUT2D eigenvalue weighted by atomic mass is 9.68. The SMILES string of the molecule is C=C(C)C(=O)Nc1ccc(C2CCC(C3CCC(CCCCCCCCC)CC3)CC2)cc1. The number of anilines is 1. The summed E-state index contributed by atoms with van der Waals surface area (Å²) in [6, 6.07) is 8.53. The van der Waals surface area contributed by atoms with E-state index in [9.17, 15) is 4.79 Å². The molecule has 0 radical (unpaired) electrons. The van der Waals surface area contributed by atoms with Gasteiger partial charge < -0.3 is 5.32 Å². The molecule has 0 aliphatic heterocycles. The Balaban J connectivity index is 1.31. The molecule has 2 saturated carbocycles. The first kappa shape index (κ1) is 26.0. The van der Waals surface area contributed by atoms with E-state index in [-0.39, 0.29) is 5.91 Å². The van der Waals surface area contributed by atoms with E-state index in [1.165, 1.54) is 108 Å². The van der Waals surface area contributed by atoms with E-state index < -0.39 is 0 Å². The molecular weight excluding hydrogens is 402 g/mol. The lowest BCUT2D eigenvalue weighted by Gasteiger charge is -2.38. The van der Waals surface area contributed by atoms with Crippen LogP contribution in [-0.2, 0) is 4.79 Å². The summed E-state index contributed by atoms with van der Waals surface area (Å²) in [6.07, 6.45) is 23.1. The van der Waals surface area contributed by atoms with Crippen molar-refractivity contribution in [3.63, 3.8) is 0 Å². The fraction of sp³-hybridized carbons (Fsp3) is 0.710. The van der Waals surface area contributed by atoms with Gasteiger partial charge in [-0.05, 0) is 86.8 Å². The van der Waals surface area contributed by atoms with Gasteiger partial charge in [0.2, 0.25) is 0 Å². The van der Waals surface area contributed by atoms with E-state index in [4.69, 9.17) is 0 Å². The van der Waals surface area contributed by atoms with Crippen LogP contribution in [0.3, 0.4) is 0 Å². The number of benzene rings is 1. The molecule has 0 heterocycles. The standard InChI is InChI=1S/C31H49NO/c1-4-5-6-7-8-9-10-11-25-12-14-26(15-13-25)27-16-18-28(19-17-27)29-20-22-30(23-21-29)32-31(33)24(2)3/h20-23,25-28H,2,4-19H2,1,3H3,(H,32,33). The summed E-state index contributed by atoms with van der Waals surface area (Å²) < 4.78 is 0. The molecule has 184 valence electrons. The largest absolute Gasteiger partial charge is 0.322 e. The maximum atomic E-state index is 11.8. The Labute approximate surface area is 204 Å². The van der Waals surface area contributed by atoms with Crippen LogP contribution < -0.4 is 5.32 Å². The number of carbonyl (C=O) groups is 1. The minimum atomic E-state index is -0.0969. The second-order valence-corrected chi connectivity index (χ2v) is 11.2. The number of nitrogens with one attached hydrogen (secondary N) is 1. The third kappa shape index (κ3) is 8.62. The molecule has 0 atom stereocenters. The fourth-order valence-corrected chi connectivity index (χ4v) is 6.34. The van der Waals surface area contributed by atoms with Crippen LogP contribution in [0.15, 0.2) is 36.4 Å². The molecule has 0 bridgehead atoms. The van der Waals surface area contributed by atoms with Gasteiger partial charge in [0.25, 0.3) is 5.91 Å². The number of carbonyl (C=O) groups excluding carboxylic acids is 1. The van der Waals surface area contributed by atoms with Crippen LogP contribution in [-0.4, -0.2) is 5.91 Å². The third-order valence-electron chi connectivity index (χ3n) is 8.57. The Hall–Kier alpha value is -1.57. The highest BCUT2D eigenvalue weighted by molar-refractivity contribution is 6.02. The smallest absolute Gasteiger partial charge is 0.250 e. The lowest BCUT2D eigenvalue weighted by Crippen LogP contribution is -2.25. The zero-order chi connectivity index (χ0) is 23.5. The molecule has 1 aromatic carbocycles. The maximum Gasteiger partial charge on any atom is 0.250 e. The molecule has 0 unspecified atom stereocenters. The molecule has 3 rings (SSSR count). The van der Waals surface area contributed by atoms with E-state index in [0.717, 1.165) is 23.4 Å². The minimum Gasteiger partial charge on any atom is -0.322 e. The number of rotatable bonds is 12. The second kappa shape index (κ2) is 14.0. The van der Waals surface area contributed by atoms with Crippen LogP contribution >= 0.6 is 0 Å². The maximum absolute atomic E-state index is 11.8. The Morgan fingerprint density at radius 2 is 1.36 bits per heavy atom. The monoisotopic (exact) mass is 451 g/mol. The molecule has 33 heavy (non-hydrogen) atoms. The topological polar surface area (TPSA) is 29.1 Å². The number of hydrogen-bond donors (Lipinski definition) is 1. The zero-order valence-corrected chi connectivity index (χ0v) is 21.5. The van der Waals surface area contributed by atoms with Crippen molar-refractivity contribution < 1.29 is 4.79 Å². The molecule has 2 aliphatic rings. The van der Waals surface area contributed by atoms with Gasteiger partial charge in [0.1, 0.15) is 0 Å². The molecule has 2 fully saturated rings. The number of hydrogen-bond acceptors (Lipinski definition) is 1. The van der Waals surface area contributed by atoms with E-state index in [1.54, 1.807) is 6.92 Å². The van der Waals surface area contributed by atoms with E-state index in [1.807, 2.05) is 0 Å². The second-order valence-electron chi connectivity index (χ2n) is 11.2. The predicted molar refractivity (Wildman–Crippen MR) is 143 cm³/mol. The van der Waals surface area contributed by atoms with Crippen molar-refractivity contribution >= 4 is 11.6 Å². The van der Waals surface area contributed by atoms with Gasteiger partial charge in [-0.3, -0.25) is 4.79 Å². The first-order chi connectivity index (χ1) is 16.1. The highest BCUT2D eigenvalue weighted by Crippen LogP contribution is 2.44. The van der Waals surface area contributed by atoms with Crippen molar-refractivity contribution in [2.24, 2.45) is 17.8 Å². The average Bonchev–Trinajstić information content (AvgIpc) is 2.84. The molecule has 2 heteroatoms. The summed E-state index contributed by atoms with van der Waals surface area (Å²) in [5.74, 6) is 3.59. The zero-order valence-electron chi connectivity index (χ0n) is 21.5. The van der Waals surface area contributed by atoms with Crippen LogP contribution in [0, 0.1) is 17.8 Å². The molecule has 1 aromatic rings. The van der Waals surface area contributed by atoms with Crippen molar-refractivity contribution in [2.45, 2.75) is 122 Å². The number of amides is 1. The van der Waals surface area contributed by atoms with Gasteiger partial charge >= 0.3 is 0 Å². The molecule has 1 N–H and O–H groups in total. The van der Waals surface area contributed by atoms with Crippen molar-refractivity contribution in [3.8, 4) is 0 Å². The highest BCUT2D eigenvalue weighted by Gasteiger charge is 2.31. The van der Waals surface area contributed by atoms with Gasteiger partial charge in [0.15, 0.2) is 0 Å². The lowest BCUT2D eigenvalue weighted by molar-refractivity contribution is -0.112. The van der Waals surface area contributed by atoms with E-state index in [2.05, 4.69) is 43.1 Å². The Morgan fingerprint density at radius 3 is 1.94 bits per heavy atom. The van der Waals surface area contributed by atoms with Gasteiger partial charge in [0.05, 0.1) is 0 Å². The summed E-state index contributed by atoms with van der Waals surface area (Å²) >= 11 is 0. The fourth-order valence-electron chi connectivity index (χ4n) is 6.34. The summed E-state index contributed by atoms with van der Waals surface area (Å²) in [5.41, 5.74) is 2.86. The van der Waals surface area contributed by atoms with Gasteiger partial charge in [-0.2, -0.15) is 0 Å². The van der Waals surface area contributed by atoms with Crippen molar-refractivity contribution in [2.75, 3.05) is 5.32 Å². The van der Waals surface area contributed by atoms with E-state index in [0.29, 0.717) is 11.5 Å². The summed E-state index contributed by atoms with van der Waals surface area (Å²) in [4.78, 5) is 11.8. The van der Waals surface area contributed by atoms with Crippen LogP contribution in [0.1, 0.15) is 128 Å².